The van der Waals surface area contributed by atoms with E-state index in [2.05, 4.69) is 20.6 Å². The zero-order valence-electron chi connectivity index (χ0n) is 19.3. The fourth-order valence-electron chi connectivity index (χ4n) is 4.11. The Morgan fingerprint density at radius 2 is 1.74 bits per heavy atom. The van der Waals surface area contributed by atoms with Gasteiger partial charge in [0.15, 0.2) is 5.82 Å². The highest BCUT2D eigenvalue weighted by molar-refractivity contribution is 7.89. The van der Waals surface area contributed by atoms with Crippen LogP contribution in [-0.4, -0.2) is 51.8 Å². The number of benzene rings is 1. The summed E-state index contributed by atoms with van der Waals surface area (Å²) in [6.07, 6.45) is -2.62. The molecule has 13 heteroatoms. The van der Waals surface area contributed by atoms with E-state index in [9.17, 15) is 26.0 Å². The van der Waals surface area contributed by atoms with Gasteiger partial charge in [0.1, 0.15) is 11.5 Å². The van der Waals surface area contributed by atoms with Gasteiger partial charge in [-0.1, -0.05) is 0 Å². The highest BCUT2D eigenvalue weighted by Gasteiger charge is 2.40. The van der Waals surface area contributed by atoms with Crippen LogP contribution in [0.4, 0.5) is 23.4 Å². The number of anilines is 1. The SMILES string of the molecule is Cc1c(NC2CCN(S(=O)(=O)c3ccc(F)cc3C(F)(F)F)CC2)nnc(-c2ccnn2C)c1C. The lowest BCUT2D eigenvalue weighted by molar-refractivity contribution is -0.140. The fraction of sp³-hybridized carbons (Fsp3) is 0.409. The summed E-state index contributed by atoms with van der Waals surface area (Å²) in [5.41, 5.74) is 1.82. The third-order valence-corrected chi connectivity index (χ3v) is 8.20. The van der Waals surface area contributed by atoms with Crippen LogP contribution in [0.1, 0.15) is 29.5 Å². The summed E-state index contributed by atoms with van der Waals surface area (Å²) < 4.78 is 82.1. The van der Waals surface area contributed by atoms with Crippen molar-refractivity contribution in [3.63, 3.8) is 0 Å². The van der Waals surface area contributed by atoms with Gasteiger partial charge in [-0.15, -0.1) is 10.2 Å². The Bertz CT molecular complexity index is 1350. The number of sulfonamides is 1. The van der Waals surface area contributed by atoms with E-state index in [1.165, 1.54) is 0 Å². The summed E-state index contributed by atoms with van der Waals surface area (Å²) in [7, 11) is -2.65. The first-order chi connectivity index (χ1) is 16.4. The Kier molecular flexibility index (Phi) is 6.58. The average molecular weight is 513 g/mol. The third-order valence-electron chi connectivity index (χ3n) is 6.25. The molecular formula is C22H24F4N6O2S. The fourth-order valence-corrected chi connectivity index (χ4v) is 5.78. The molecule has 0 bridgehead atoms. The molecule has 188 valence electrons. The number of aromatic nitrogens is 4. The largest absolute Gasteiger partial charge is 0.417 e. The van der Waals surface area contributed by atoms with Crippen molar-refractivity contribution < 1.29 is 26.0 Å². The van der Waals surface area contributed by atoms with Gasteiger partial charge in [-0.05, 0) is 62.1 Å². The first kappa shape index (κ1) is 25.0. The van der Waals surface area contributed by atoms with Gasteiger partial charge in [-0.2, -0.15) is 22.6 Å². The Morgan fingerprint density at radius 3 is 2.34 bits per heavy atom. The molecule has 1 saturated heterocycles. The van der Waals surface area contributed by atoms with Crippen LogP contribution in [0.25, 0.3) is 11.4 Å². The van der Waals surface area contributed by atoms with Crippen LogP contribution in [0.3, 0.4) is 0 Å². The Balaban J connectivity index is 1.48. The van der Waals surface area contributed by atoms with Crippen LogP contribution in [-0.2, 0) is 23.2 Å². The van der Waals surface area contributed by atoms with E-state index in [-0.39, 0.29) is 25.2 Å². The molecule has 3 aromatic rings. The second-order valence-electron chi connectivity index (χ2n) is 8.45. The number of piperidine rings is 1. The maximum atomic E-state index is 13.4. The van der Waals surface area contributed by atoms with Gasteiger partial charge in [0.05, 0.1) is 16.2 Å². The van der Waals surface area contributed by atoms with Gasteiger partial charge in [0, 0.05) is 32.4 Å². The van der Waals surface area contributed by atoms with Crippen LogP contribution < -0.4 is 5.32 Å². The first-order valence-corrected chi connectivity index (χ1v) is 12.3. The van der Waals surface area contributed by atoms with E-state index in [0.717, 1.165) is 27.2 Å². The monoisotopic (exact) mass is 512 g/mol. The Hall–Kier alpha value is -3.06. The lowest BCUT2D eigenvalue weighted by atomic mass is 10.0. The lowest BCUT2D eigenvalue weighted by Crippen LogP contribution is -2.43. The summed E-state index contributed by atoms with van der Waals surface area (Å²) >= 11 is 0. The molecule has 1 fully saturated rings. The number of aryl methyl sites for hydroxylation is 1. The summed E-state index contributed by atoms with van der Waals surface area (Å²) in [5, 5.41) is 16.1. The molecule has 0 unspecified atom stereocenters. The van der Waals surface area contributed by atoms with Crippen molar-refractivity contribution in [2.45, 2.75) is 43.8 Å². The minimum Gasteiger partial charge on any atom is -0.366 e. The van der Waals surface area contributed by atoms with E-state index >= 15 is 0 Å². The quantitative estimate of drug-likeness (QED) is 0.521. The summed E-state index contributed by atoms with van der Waals surface area (Å²) in [6.45, 7) is 3.84. The van der Waals surface area contributed by atoms with Gasteiger partial charge < -0.3 is 5.32 Å². The topological polar surface area (TPSA) is 93.0 Å². The number of nitrogens with one attached hydrogen (secondary N) is 1. The Labute approximate surface area is 200 Å². The predicted octanol–water partition coefficient (Wildman–Crippen LogP) is 3.92. The molecule has 4 rings (SSSR count). The van der Waals surface area contributed by atoms with Crippen molar-refractivity contribution in [2.24, 2.45) is 7.05 Å². The van der Waals surface area contributed by atoms with Crippen molar-refractivity contribution in [3.05, 3.63) is 53.0 Å². The first-order valence-electron chi connectivity index (χ1n) is 10.8. The van der Waals surface area contributed by atoms with Crippen molar-refractivity contribution in [3.8, 4) is 11.4 Å². The third kappa shape index (κ3) is 4.87. The number of nitrogens with zero attached hydrogens (tertiary/aromatic N) is 5. The molecule has 1 aliphatic rings. The van der Waals surface area contributed by atoms with Gasteiger partial charge >= 0.3 is 6.18 Å². The molecule has 0 amide bonds. The summed E-state index contributed by atoms with van der Waals surface area (Å²) in [6, 6.07) is 3.29. The van der Waals surface area contributed by atoms with Gasteiger partial charge in [0.25, 0.3) is 0 Å². The molecular weight excluding hydrogens is 488 g/mol. The zero-order valence-corrected chi connectivity index (χ0v) is 20.1. The molecule has 1 N–H and O–H groups in total. The van der Waals surface area contributed by atoms with E-state index < -0.39 is 32.5 Å². The maximum Gasteiger partial charge on any atom is 0.417 e. The van der Waals surface area contributed by atoms with Gasteiger partial charge in [-0.25, -0.2) is 12.8 Å². The highest BCUT2D eigenvalue weighted by Crippen LogP contribution is 2.36. The minimum absolute atomic E-state index is 0.00718. The lowest BCUT2D eigenvalue weighted by Gasteiger charge is -2.32. The minimum atomic E-state index is -5.00. The van der Waals surface area contributed by atoms with Crippen molar-refractivity contribution in [2.75, 3.05) is 18.4 Å². The smallest absolute Gasteiger partial charge is 0.366 e. The normalized spacial score (nSPS) is 16.0. The number of halogens is 4. The maximum absolute atomic E-state index is 13.4. The van der Waals surface area contributed by atoms with Crippen molar-refractivity contribution in [1.29, 1.82) is 0 Å². The Morgan fingerprint density at radius 1 is 1.06 bits per heavy atom. The van der Waals surface area contributed by atoms with Crippen molar-refractivity contribution >= 4 is 15.8 Å². The van der Waals surface area contributed by atoms with Gasteiger partial charge in [0.2, 0.25) is 10.0 Å². The molecule has 0 saturated carbocycles. The van der Waals surface area contributed by atoms with Crippen LogP contribution in [0.5, 0.6) is 0 Å². The van der Waals surface area contributed by atoms with E-state index in [1.54, 1.807) is 10.9 Å². The van der Waals surface area contributed by atoms with E-state index in [1.807, 2.05) is 27.0 Å². The average Bonchev–Trinajstić information content (AvgIpc) is 3.22. The second kappa shape index (κ2) is 9.19. The molecule has 3 heterocycles. The molecule has 0 radical (unpaired) electrons. The van der Waals surface area contributed by atoms with Crippen molar-refractivity contribution in [1.82, 2.24) is 24.3 Å². The number of alkyl halides is 3. The number of rotatable bonds is 5. The van der Waals surface area contributed by atoms with Crippen LogP contribution >= 0.6 is 0 Å². The molecule has 8 nitrogen and oxygen atoms in total. The molecule has 2 aromatic heterocycles. The highest BCUT2D eigenvalue weighted by atomic mass is 32.2. The zero-order chi connectivity index (χ0) is 25.5. The molecule has 35 heavy (non-hydrogen) atoms. The van der Waals surface area contributed by atoms with Gasteiger partial charge in [-0.3, -0.25) is 4.68 Å². The standard InChI is InChI=1S/C22H24F4N6O2S/c1-13-14(2)21(30-29-20(13)18-6-9-27-31(18)3)28-16-7-10-32(11-8-16)35(33,34)19-5-4-15(23)12-17(19)22(24,25)26/h4-6,9,12,16H,7-8,10-11H2,1-3H3,(H,28,30). The molecule has 0 spiro atoms. The predicted molar refractivity (Wildman–Crippen MR) is 121 cm³/mol. The van der Waals surface area contributed by atoms with Crippen LogP contribution in [0, 0.1) is 19.7 Å². The number of hydrogen-bond acceptors (Lipinski definition) is 6. The second-order valence-corrected chi connectivity index (χ2v) is 10.4. The summed E-state index contributed by atoms with van der Waals surface area (Å²) in [4.78, 5) is -0.944. The van der Waals surface area contributed by atoms with Crippen LogP contribution in [0.2, 0.25) is 0 Å². The van der Waals surface area contributed by atoms with E-state index in [4.69, 9.17) is 0 Å². The molecule has 1 aromatic carbocycles. The molecule has 0 aliphatic carbocycles. The molecule has 1 aliphatic heterocycles. The number of hydrogen-bond donors (Lipinski definition) is 1. The summed E-state index contributed by atoms with van der Waals surface area (Å²) in [5.74, 6) is -0.590. The van der Waals surface area contributed by atoms with E-state index in [0.29, 0.717) is 30.4 Å². The molecule has 0 atom stereocenters. The van der Waals surface area contributed by atoms with Crippen LogP contribution in [0.15, 0.2) is 35.4 Å².